The van der Waals surface area contributed by atoms with Crippen molar-refractivity contribution >= 4 is 0 Å². The van der Waals surface area contributed by atoms with Crippen molar-refractivity contribution in [3.63, 3.8) is 0 Å². The summed E-state index contributed by atoms with van der Waals surface area (Å²) in [7, 11) is 0. The molecule has 1 fully saturated rings. The zero-order chi connectivity index (χ0) is 17.0. The highest BCUT2D eigenvalue weighted by atomic mass is 16.5. The van der Waals surface area contributed by atoms with E-state index in [0.29, 0.717) is 12.2 Å². The molecule has 1 heterocycles. The second-order valence-electron chi connectivity index (χ2n) is 7.97. The standard InChI is InChI=1S/C20H33NO2/c1-15-8-9-19(18(12-15)20(4,5)6)22-11-7-10-21-13-16(2)23-17(3)14-21/h8-9,12,16-17H,7,10-11,13-14H2,1-6H3/t16-,17-/m1/s1. The molecule has 0 aliphatic carbocycles. The molecule has 23 heavy (non-hydrogen) atoms. The lowest BCUT2D eigenvalue weighted by molar-refractivity contribution is -0.0686. The van der Waals surface area contributed by atoms with Crippen LogP contribution in [-0.2, 0) is 10.2 Å². The molecule has 2 rings (SSSR count). The summed E-state index contributed by atoms with van der Waals surface area (Å²) in [4.78, 5) is 2.49. The topological polar surface area (TPSA) is 21.7 Å². The quantitative estimate of drug-likeness (QED) is 0.760. The fourth-order valence-electron chi connectivity index (χ4n) is 3.29. The Balaban J connectivity index is 1.85. The van der Waals surface area contributed by atoms with Crippen LogP contribution in [0.5, 0.6) is 5.75 Å². The summed E-state index contributed by atoms with van der Waals surface area (Å²) in [6, 6.07) is 6.51. The molecule has 3 nitrogen and oxygen atoms in total. The minimum Gasteiger partial charge on any atom is -0.493 e. The van der Waals surface area contributed by atoms with Gasteiger partial charge in [0.25, 0.3) is 0 Å². The first kappa shape index (κ1) is 18.3. The molecule has 0 spiro atoms. The SMILES string of the molecule is Cc1ccc(OCCCN2C[C@@H](C)O[C@H](C)C2)c(C(C)(C)C)c1. The van der Waals surface area contributed by atoms with Crippen molar-refractivity contribution in [2.75, 3.05) is 26.2 Å². The summed E-state index contributed by atoms with van der Waals surface area (Å²) < 4.78 is 11.9. The largest absolute Gasteiger partial charge is 0.493 e. The van der Waals surface area contributed by atoms with Gasteiger partial charge in [-0.2, -0.15) is 0 Å². The van der Waals surface area contributed by atoms with Gasteiger partial charge < -0.3 is 9.47 Å². The second-order valence-corrected chi connectivity index (χ2v) is 7.97. The van der Waals surface area contributed by atoms with Crippen LogP contribution in [0.3, 0.4) is 0 Å². The van der Waals surface area contributed by atoms with E-state index in [4.69, 9.17) is 9.47 Å². The lowest BCUT2D eigenvalue weighted by atomic mass is 9.85. The van der Waals surface area contributed by atoms with Crippen LogP contribution in [0.4, 0.5) is 0 Å². The zero-order valence-electron chi connectivity index (χ0n) is 15.7. The molecule has 1 aliphatic rings. The predicted octanol–water partition coefficient (Wildman–Crippen LogP) is 4.17. The fraction of sp³-hybridized carbons (Fsp3) is 0.700. The highest BCUT2D eigenvalue weighted by Gasteiger charge is 2.22. The monoisotopic (exact) mass is 319 g/mol. The van der Waals surface area contributed by atoms with Gasteiger partial charge in [-0.15, -0.1) is 0 Å². The van der Waals surface area contributed by atoms with E-state index in [0.717, 1.165) is 38.4 Å². The molecule has 0 N–H and O–H groups in total. The Morgan fingerprint density at radius 2 is 1.83 bits per heavy atom. The molecule has 0 aromatic heterocycles. The average molecular weight is 319 g/mol. The van der Waals surface area contributed by atoms with Gasteiger partial charge in [-0.25, -0.2) is 0 Å². The number of aryl methyl sites for hydroxylation is 1. The van der Waals surface area contributed by atoms with Gasteiger partial charge in [0, 0.05) is 19.6 Å². The number of nitrogens with zero attached hydrogens (tertiary/aromatic N) is 1. The lowest BCUT2D eigenvalue weighted by Gasteiger charge is -2.35. The maximum atomic E-state index is 6.11. The molecule has 1 saturated heterocycles. The van der Waals surface area contributed by atoms with Crippen molar-refractivity contribution in [2.24, 2.45) is 0 Å². The van der Waals surface area contributed by atoms with E-state index in [1.54, 1.807) is 0 Å². The molecule has 130 valence electrons. The summed E-state index contributed by atoms with van der Waals surface area (Å²) >= 11 is 0. The van der Waals surface area contributed by atoms with Crippen molar-refractivity contribution in [3.05, 3.63) is 29.3 Å². The number of benzene rings is 1. The average Bonchev–Trinajstić information content (AvgIpc) is 2.42. The molecule has 1 aromatic rings. The van der Waals surface area contributed by atoms with Gasteiger partial charge in [-0.3, -0.25) is 4.90 Å². The second kappa shape index (κ2) is 7.67. The molecule has 0 radical (unpaired) electrons. The van der Waals surface area contributed by atoms with Crippen molar-refractivity contribution in [2.45, 2.75) is 65.6 Å². The van der Waals surface area contributed by atoms with Gasteiger partial charge >= 0.3 is 0 Å². The summed E-state index contributed by atoms with van der Waals surface area (Å²) in [5.74, 6) is 1.03. The van der Waals surface area contributed by atoms with Gasteiger partial charge in [0.1, 0.15) is 5.75 Å². The molecule has 0 saturated carbocycles. The van der Waals surface area contributed by atoms with Crippen LogP contribution in [0.15, 0.2) is 18.2 Å². The zero-order valence-corrected chi connectivity index (χ0v) is 15.7. The number of hydrogen-bond donors (Lipinski definition) is 0. The smallest absolute Gasteiger partial charge is 0.123 e. The predicted molar refractivity (Wildman–Crippen MR) is 96.4 cm³/mol. The highest BCUT2D eigenvalue weighted by molar-refractivity contribution is 5.41. The molecule has 1 aromatic carbocycles. The number of morpholine rings is 1. The van der Waals surface area contributed by atoms with Crippen LogP contribution < -0.4 is 4.74 Å². The van der Waals surface area contributed by atoms with Gasteiger partial charge in [0.15, 0.2) is 0 Å². The van der Waals surface area contributed by atoms with Gasteiger partial charge in [0.2, 0.25) is 0 Å². The van der Waals surface area contributed by atoms with Crippen LogP contribution in [0.1, 0.15) is 52.2 Å². The van der Waals surface area contributed by atoms with E-state index >= 15 is 0 Å². The molecule has 2 atom stereocenters. The van der Waals surface area contributed by atoms with Gasteiger partial charge in [-0.1, -0.05) is 38.5 Å². The minimum atomic E-state index is 0.108. The Bertz CT molecular complexity index is 497. The normalized spacial score (nSPS) is 23.0. The Morgan fingerprint density at radius 3 is 2.43 bits per heavy atom. The van der Waals surface area contributed by atoms with Crippen LogP contribution in [0, 0.1) is 6.92 Å². The van der Waals surface area contributed by atoms with E-state index in [1.807, 2.05) is 0 Å². The van der Waals surface area contributed by atoms with Crippen LogP contribution >= 0.6 is 0 Å². The molecule has 3 heteroatoms. The minimum absolute atomic E-state index is 0.108. The van der Waals surface area contributed by atoms with Gasteiger partial charge in [-0.05, 0) is 44.2 Å². The van der Waals surface area contributed by atoms with Crippen molar-refractivity contribution in [3.8, 4) is 5.75 Å². The highest BCUT2D eigenvalue weighted by Crippen LogP contribution is 2.32. The lowest BCUT2D eigenvalue weighted by Crippen LogP contribution is -2.45. The van der Waals surface area contributed by atoms with Crippen molar-refractivity contribution < 1.29 is 9.47 Å². The van der Waals surface area contributed by atoms with E-state index in [2.05, 4.69) is 64.6 Å². The Morgan fingerprint density at radius 1 is 1.17 bits per heavy atom. The van der Waals surface area contributed by atoms with Crippen molar-refractivity contribution in [1.29, 1.82) is 0 Å². The molecule has 0 unspecified atom stereocenters. The maximum Gasteiger partial charge on any atom is 0.123 e. The summed E-state index contributed by atoms with van der Waals surface area (Å²) in [5.41, 5.74) is 2.70. The van der Waals surface area contributed by atoms with E-state index in [1.165, 1.54) is 11.1 Å². The summed E-state index contributed by atoms with van der Waals surface area (Å²) in [5, 5.41) is 0. The van der Waals surface area contributed by atoms with Gasteiger partial charge in [0.05, 0.1) is 18.8 Å². The Labute approximate surface area is 142 Å². The first-order chi connectivity index (χ1) is 10.8. The fourth-order valence-corrected chi connectivity index (χ4v) is 3.29. The number of rotatable bonds is 5. The third-order valence-corrected chi connectivity index (χ3v) is 4.31. The summed E-state index contributed by atoms with van der Waals surface area (Å²) in [6.07, 6.45) is 1.73. The van der Waals surface area contributed by atoms with Crippen molar-refractivity contribution in [1.82, 2.24) is 4.90 Å². The van der Waals surface area contributed by atoms with E-state index < -0.39 is 0 Å². The number of hydrogen-bond acceptors (Lipinski definition) is 3. The molecule has 0 amide bonds. The maximum absolute atomic E-state index is 6.11. The molecule has 0 bridgehead atoms. The Hall–Kier alpha value is -1.06. The summed E-state index contributed by atoms with van der Waals surface area (Å²) in [6.45, 7) is 17.1. The van der Waals surface area contributed by atoms with Crippen LogP contribution in [0.25, 0.3) is 0 Å². The molecule has 1 aliphatic heterocycles. The van der Waals surface area contributed by atoms with E-state index in [-0.39, 0.29) is 5.41 Å². The third kappa shape index (κ3) is 5.50. The Kier molecular flexibility index (Phi) is 6.10. The van der Waals surface area contributed by atoms with Crippen LogP contribution in [0.2, 0.25) is 0 Å². The van der Waals surface area contributed by atoms with E-state index in [9.17, 15) is 0 Å². The first-order valence-electron chi connectivity index (χ1n) is 8.87. The number of ether oxygens (including phenoxy) is 2. The third-order valence-electron chi connectivity index (χ3n) is 4.31. The first-order valence-corrected chi connectivity index (χ1v) is 8.87. The molecular formula is C20H33NO2. The molecular weight excluding hydrogens is 286 g/mol. The van der Waals surface area contributed by atoms with Crippen LogP contribution in [-0.4, -0.2) is 43.3 Å².